The molecule has 0 fully saturated rings. The van der Waals surface area contributed by atoms with Gasteiger partial charge in [0.2, 0.25) is 0 Å². The van der Waals surface area contributed by atoms with Crippen LogP contribution in [0.2, 0.25) is 0 Å². The van der Waals surface area contributed by atoms with Crippen molar-refractivity contribution in [3.05, 3.63) is 83.6 Å². The van der Waals surface area contributed by atoms with Crippen LogP contribution in [0.25, 0.3) is 0 Å². The molecule has 0 saturated heterocycles. The topological polar surface area (TPSA) is 80.3 Å². The van der Waals surface area contributed by atoms with E-state index in [1.807, 2.05) is 0 Å². The molecule has 0 aliphatic carbocycles. The van der Waals surface area contributed by atoms with Crippen LogP contribution in [0.5, 0.6) is 0 Å². The number of ether oxygens (including phenoxy) is 1. The van der Waals surface area contributed by atoms with Crippen molar-refractivity contribution in [3.63, 3.8) is 0 Å². The molecular formula is C20H15F2N3O3. The van der Waals surface area contributed by atoms with Crippen molar-refractivity contribution < 1.29 is 23.1 Å². The van der Waals surface area contributed by atoms with Crippen LogP contribution in [-0.4, -0.2) is 24.0 Å². The molecule has 0 radical (unpaired) electrons. The number of halogens is 2. The minimum absolute atomic E-state index is 0.136. The van der Waals surface area contributed by atoms with Crippen LogP contribution in [0.15, 0.2) is 60.8 Å². The highest BCUT2D eigenvalue weighted by Crippen LogP contribution is 2.19. The van der Waals surface area contributed by atoms with Gasteiger partial charge >= 0.3 is 5.97 Å². The third-order valence-corrected chi connectivity index (χ3v) is 3.76. The van der Waals surface area contributed by atoms with E-state index in [4.69, 9.17) is 0 Å². The molecule has 3 rings (SSSR count). The molecule has 0 bridgehead atoms. The van der Waals surface area contributed by atoms with Gasteiger partial charge in [-0.1, -0.05) is 6.07 Å². The molecule has 1 heterocycles. The van der Waals surface area contributed by atoms with Crippen LogP contribution in [0, 0.1) is 11.6 Å². The van der Waals surface area contributed by atoms with E-state index in [9.17, 15) is 18.4 Å². The second-order valence-electron chi connectivity index (χ2n) is 5.71. The van der Waals surface area contributed by atoms with E-state index in [1.54, 1.807) is 24.3 Å². The zero-order valence-corrected chi connectivity index (χ0v) is 14.7. The number of nitrogens with zero attached hydrogens (tertiary/aromatic N) is 1. The van der Waals surface area contributed by atoms with E-state index in [2.05, 4.69) is 20.4 Å². The van der Waals surface area contributed by atoms with E-state index < -0.39 is 23.5 Å². The highest BCUT2D eigenvalue weighted by molar-refractivity contribution is 6.04. The molecule has 2 aromatic carbocycles. The van der Waals surface area contributed by atoms with Gasteiger partial charge in [0.25, 0.3) is 5.91 Å². The standard InChI is InChI=1S/C20H15F2N3O3/c1-28-20(27)13-3-2-4-15(9-13)24-18-10-12(7-8-23-18)19(26)25-17-6-5-14(21)11-16(17)22/h2-11H,1H3,(H,23,24)(H,25,26). The zero-order valence-electron chi connectivity index (χ0n) is 14.7. The predicted molar refractivity (Wildman–Crippen MR) is 99.6 cm³/mol. The Morgan fingerprint density at radius 1 is 1.00 bits per heavy atom. The van der Waals surface area contributed by atoms with Gasteiger partial charge in [-0.3, -0.25) is 4.79 Å². The second kappa shape index (κ2) is 8.26. The molecule has 28 heavy (non-hydrogen) atoms. The van der Waals surface area contributed by atoms with Crippen molar-refractivity contribution in [3.8, 4) is 0 Å². The normalized spacial score (nSPS) is 10.2. The number of rotatable bonds is 5. The summed E-state index contributed by atoms with van der Waals surface area (Å²) in [5.74, 6) is -2.33. The minimum atomic E-state index is -0.875. The summed E-state index contributed by atoms with van der Waals surface area (Å²) in [4.78, 5) is 28.1. The number of benzene rings is 2. The maximum atomic E-state index is 13.7. The monoisotopic (exact) mass is 383 g/mol. The SMILES string of the molecule is COC(=O)c1cccc(Nc2cc(C(=O)Nc3ccc(F)cc3F)ccn2)c1. The summed E-state index contributed by atoms with van der Waals surface area (Å²) in [6, 6.07) is 12.3. The van der Waals surface area contributed by atoms with Crippen molar-refractivity contribution in [1.82, 2.24) is 4.98 Å². The number of carbonyl (C=O) groups excluding carboxylic acids is 2. The molecule has 0 atom stereocenters. The lowest BCUT2D eigenvalue weighted by Gasteiger charge is -2.10. The largest absolute Gasteiger partial charge is 0.465 e. The quantitative estimate of drug-likeness (QED) is 0.647. The van der Waals surface area contributed by atoms with E-state index >= 15 is 0 Å². The lowest BCUT2D eigenvalue weighted by molar-refractivity contribution is 0.0600. The zero-order chi connectivity index (χ0) is 20.1. The first-order chi connectivity index (χ1) is 13.5. The third kappa shape index (κ3) is 4.47. The van der Waals surface area contributed by atoms with Crippen molar-refractivity contribution in [2.24, 2.45) is 0 Å². The fourth-order valence-corrected chi connectivity index (χ4v) is 2.42. The number of hydrogen-bond donors (Lipinski definition) is 2. The summed E-state index contributed by atoms with van der Waals surface area (Å²) in [6.07, 6.45) is 1.41. The number of carbonyl (C=O) groups is 2. The number of pyridine rings is 1. The highest BCUT2D eigenvalue weighted by atomic mass is 19.1. The molecular weight excluding hydrogens is 368 g/mol. The molecule has 0 aliphatic rings. The number of methoxy groups -OCH3 is 1. The van der Waals surface area contributed by atoms with Crippen LogP contribution in [0.1, 0.15) is 20.7 Å². The van der Waals surface area contributed by atoms with Gasteiger partial charge in [-0.25, -0.2) is 18.6 Å². The van der Waals surface area contributed by atoms with Gasteiger partial charge in [-0.15, -0.1) is 0 Å². The van der Waals surface area contributed by atoms with E-state index in [0.717, 1.165) is 12.1 Å². The third-order valence-electron chi connectivity index (χ3n) is 3.76. The van der Waals surface area contributed by atoms with Crippen LogP contribution in [-0.2, 0) is 4.74 Å². The first-order valence-corrected chi connectivity index (χ1v) is 8.14. The summed E-state index contributed by atoms with van der Waals surface area (Å²) in [5, 5.41) is 5.36. The van der Waals surface area contributed by atoms with Crippen LogP contribution < -0.4 is 10.6 Å². The Balaban J connectivity index is 1.77. The second-order valence-corrected chi connectivity index (χ2v) is 5.71. The van der Waals surface area contributed by atoms with Crippen molar-refractivity contribution in [2.75, 3.05) is 17.7 Å². The number of aromatic nitrogens is 1. The van der Waals surface area contributed by atoms with Crippen LogP contribution >= 0.6 is 0 Å². The molecule has 3 aromatic rings. The molecule has 0 saturated carbocycles. The molecule has 0 unspecified atom stereocenters. The van der Waals surface area contributed by atoms with Gasteiger partial charge in [-0.2, -0.15) is 0 Å². The fourth-order valence-electron chi connectivity index (χ4n) is 2.42. The molecule has 2 N–H and O–H groups in total. The summed E-state index contributed by atoms with van der Waals surface area (Å²) in [6.45, 7) is 0. The summed E-state index contributed by atoms with van der Waals surface area (Å²) < 4.78 is 31.4. The average molecular weight is 383 g/mol. The van der Waals surface area contributed by atoms with Crippen LogP contribution in [0.3, 0.4) is 0 Å². The molecule has 0 aliphatic heterocycles. The molecule has 0 spiro atoms. The number of amides is 1. The number of hydrogen-bond acceptors (Lipinski definition) is 5. The molecule has 1 aromatic heterocycles. The number of esters is 1. The number of nitrogens with one attached hydrogen (secondary N) is 2. The smallest absolute Gasteiger partial charge is 0.337 e. The van der Waals surface area contributed by atoms with Gasteiger partial charge in [0.05, 0.1) is 18.4 Å². The van der Waals surface area contributed by atoms with Gasteiger partial charge in [0.1, 0.15) is 17.5 Å². The van der Waals surface area contributed by atoms with Gasteiger partial charge in [-0.05, 0) is 42.5 Å². The lowest BCUT2D eigenvalue weighted by Crippen LogP contribution is -2.13. The predicted octanol–water partition coefficient (Wildman–Crippen LogP) is 4.14. The first-order valence-electron chi connectivity index (χ1n) is 8.14. The van der Waals surface area contributed by atoms with Crippen LogP contribution in [0.4, 0.5) is 26.0 Å². The minimum Gasteiger partial charge on any atom is -0.465 e. The Hall–Kier alpha value is -3.81. The van der Waals surface area contributed by atoms with Crippen molar-refractivity contribution in [1.29, 1.82) is 0 Å². The fraction of sp³-hybridized carbons (Fsp3) is 0.0500. The Labute approximate surface area is 159 Å². The van der Waals surface area contributed by atoms with Gasteiger partial charge in [0, 0.05) is 23.5 Å². The molecule has 6 nitrogen and oxygen atoms in total. The lowest BCUT2D eigenvalue weighted by atomic mass is 10.2. The van der Waals surface area contributed by atoms with E-state index in [1.165, 1.54) is 25.4 Å². The molecule has 1 amide bonds. The Morgan fingerprint density at radius 3 is 2.57 bits per heavy atom. The Bertz CT molecular complexity index is 1040. The molecule has 8 heteroatoms. The summed E-state index contributed by atoms with van der Waals surface area (Å²) in [7, 11) is 1.29. The Morgan fingerprint density at radius 2 is 1.82 bits per heavy atom. The first kappa shape index (κ1) is 19.0. The van der Waals surface area contributed by atoms with Gasteiger partial charge < -0.3 is 15.4 Å². The average Bonchev–Trinajstić information content (AvgIpc) is 2.70. The number of anilines is 3. The van der Waals surface area contributed by atoms with Gasteiger partial charge in [0.15, 0.2) is 0 Å². The highest BCUT2D eigenvalue weighted by Gasteiger charge is 2.12. The summed E-state index contributed by atoms with van der Waals surface area (Å²) >= 11 is 0. The van der Waals surface area contributed by atoms with Crippen molar-refractivity contribution in [2.45, 2.75) is 0 Å². The maximum Gasteiger partial charge on any atom is 0.337 e. The maximum absolute atomic E-state index is 13.7. The van der Waals surface area contributed by atoms with E-state index in [-0.39, 0.29) is 11.3 Å². The molecule has 142 valence electrons. The Kier molecular flexibility index (Phi) is 5.59. The van der Waals surface area contributed by atoms with Crippen molar-refractivity contribution >= 4 is 29.1 Å². The summed E-state index contributed by atoms with van der Waals surface area (Å²) in [5.41, 5.74) is 1.000. The van der Waals surface area contributed by atoms with E-state index in [0.29, 0.717) is 23.1 Å².